The number of hydrogen-bond donors (Lipinski definition) is 1. The van der Waals surface area contributed by atoms with Crippen molar-refractivity contribution in [2.45, 2.75) is 41.5 Å². The van der Waals surface area contributed by atoms with Crippen molar-refractivity contribution in [1.82, 2.24) is 14.5 Å². The summed E-state index contributed by atoms with van der Waals surface area (Å²) in [5, 5.41) is 2.03. The van der Waals surface area contributed by atoms with Gasteiger partial charge in [-0.3, -0.25) is 4.57 Å². The van der Waals surface area contributed by atoms with Crippen LogP contribution in [0.1, 0.15) is 36.4 Å². The number of anilines is 2. The van der Waals surface area contributed by atoms with Crippen LogP contribution in [0.4, 0.5) is 11.5 Å². The number of aromatic nitrogens is 3. The molecule has 0 aliphatic heterocycles. The summed E-state index contributed by atoms with van der Waals surface area (Å²) in [6, 6.07) is 11.1. The largest absolute Gasteiger partial charge is 0.383 e. The van der Waals surface area contributed by atoms with Gasteiger partial charge in [0.25, 0.3) is 0 Å². The number of nitrogens with zero attached hydrogens (tertiary/aromatic N) is 4. The molecule has 0 aliphatic carbocycles. The second-order valence-corrected chi connectivity index (χ2v) is 7.81. The van der Waals surface area contributed by atoms with E-state index in [-0.39, 0.29) is 0 Å². The molecule has 5 heteroatoms. The fourth-order valence-electron chi connectivity index (χ4n) is 4.57. The number of aryl methyl sites for hydroxylation is 4. The van der Waals surface area contributed by atoms with E-state index in [0.717, 1.165) is 35.0 Å². The molecular weight excluding hydrogens is 358 g/mol. The maximum absolute atomic E-state index is 6.43. The molecular formula is C24H29N5. The Morgan fingerprint density at radius 2 is 1.59 bits per heavy atom. The molecule has 0 aliphatic rings. The van der Waals surface area contributed by atoms with E-state index in [0.29, 0.717) is 11.6 Å². The van der Waals surface area contributed by atoms with Crippen molar-refractivity contribution in [3.63, 3.8) is 0 Å². The molecule has 29 heavy (non-hydrogen) atoms. The summed E-state index contributed by atoms with van der Waals surface area (Å²) < 4.78 is 2.26. The van der Waals surface area contributed by atoms with Crippen molar-refractivity contribution in [1.29, 1.82) is 0 Å². The Balaban J connectivity index is 2.17. The molecule has 2 N–H and O–H groups in total. The Morgan fingerprint density at radius 3 is 2.21 bits per heavy atom. The van der Waals surface area contributed by atoms with E-state index < -0.39 is 0 Å². The van der Waals surface area contributed by atoms with Crippen molar-refractivity contribution in [3.05, 3.63) is 52.8 Å². The first-order chi connectivity index (χ1) is 13.8. The van der Waals surface area contributed by atoms with Gasteiger partial charge in [-0.05, 0) is 70.9 Å². The van der Waals surface area contributed by atoms with Crippen LogP contribution < -0.4 is 10.6 Å². The number of benzene rings is 2. The number of nitrogens with two attached hydrogens (primary N) is 1. The van der Waals surface area contributed by atoms with Crippen molar-refractivity contribution in [3.8, 4) is 5.69 Å². The molecule has 0 amide bonds. The molecule has 4 rings (SSSR count). The highest BCUT2D eigenvalue weighted by atomic mass is 15.1. The van der Waals surface area contributed by atoms with Crippen molar-refractivity contribution < 1.29 is 0 Å². The molecule has 0 saturated heterocycles. The fourth-order valence-corrected chi connectivity index (χ4v) is 4.57. The molecule has 0 unspecified atom stereocenters. The lowest BCUT2D eigenvalue weighted by Gasteiger charge is -2.21. The Bertz CT molecular complexity index is 1210. The predicted octanol–water partition coefficient (Wildman–Crippen LogP) is 5.24. The summed E-state index contributed by atoms with van der Waals surface area (Å²) in [6.07, 6.45) is 0. The quantitative estimate of drug-likeness (QED) is 0.520. The van der Waals surface area contributed by atoms with E-state index >= 15 is 0 Å². The van der Waals surface area contributed by atoms with Crippen molar-refractivity contribution in [2.75, 3.05) is 23.7 Å². The van der Waals surface area contributed by atoms with E-state index in [9.17, 15) is 0 Å². The number of rotatable bonds is 4. The molecule has 150 valence electrons. The van der Waals surface area contributed by atoms with Gasteiger partial charge in [-0.15, -0.1) is 0 Å². The van der Waals surface area contributed by atoms with Crippen LogP contribution in [0.25, 0.3) is 27.6 Å². The van der Waals surface area contributed by atoms with Gasteiger partial charge in [0.15, 0.2) is 5.65 Å². The molecule has 0 radical (unpaired) electrons. The number of fused-ring (bicyclic) bond motifs is 3. The zero-order chi connectivity index (χ0) is 20.9. The molecule has 2 aromatic heterocycles. The van der Waals surface area contributed by atoms with Gasteiger partial charge in [0, 0.05) is 24.2 Å². The monoisotopic (exact) mass is 387 g/mol. The Hall–Kier alpha value is -3.08. The van der Waals surface area contributed by atoms with Gasteiger partial charge in [0.05, 0.1) is 16.6 Å². The summed E-state index contributed by atoms with van der Waals surface area (Å²) in [5.41, 5.74) is 14.5. The fraction of sp³-hybridized carbons (Fsp3) is 0.333. The number of nitrogen functional groups attached to an aromatic ring is 1. The lowest BCUT2D eigenvalue weighted by molar-refractivity contribution is 0.867. The molecule has 4 aromatic rings. The highest BCUT2D eigenvalue weighted by Gasteiger charge is 2.20. The number of hydrogen-bond acceptors (Lipinski definition) is 4. The van der Waals surface area contributed by atoms with E-state index in [1.807, 2.05) is 6.92 Å². The Kier molecular flexibility index (Phi) is 4.69. The Labute approximate surface area is 172 Å². The summed E-state index contributed by atoms with van der Waals surface area (Å²) in [7, 11) is 0. The van der Waals surface area contributed by atoms with Crippen LogP contribution in [0.5, 0.6) is 0 Å². The molecule has 0 fully saturated rings. The average molecular weight is 388 g/mol. The standard InChI is InChI=1S/C24H29N5/c1-7-28(8-2)18-9-10-20-19(13-18)21-23(25)26-17(6)27-24(21)29(20)22-15(4)11-14(3)12-16(22)5/h9-13H,7-8H2,1-6H3,(H2,25,26,27). The van der Waals surface area contributed by atoms with Crippen LogP contribution >= 0.6 is 0 Å². The third kappa shape index (κ3) is 3.01. The summed E-state index contributed by atoms with van der Waals surface area (Å²) in [5.74, 6) is 1.22. The molecule has 0 atom stereocenters. The highest BCUT2D eigenvalue weighted by molar-refractivity contribution is 6.13. The smallest absolute Gasteiger partial charge is 0.151 e. The van der Waals surface area contributed by atoms with Gasteiger partial charge in [0.1, 0.15) is 11.6 Å². The van der Waals surface area contributed by atoms with Gasteiger partial charge >= 0.3 is 0 Å². The average Bonchev–Trinajstić information content (AvgIpc) is 2.96. The zero-order valence-corrected chi connectivity index (χ0v) is 18.2. The normalized spacial score (nSPS) is 11.5. The van der Waals surface area contributed by atoms with Crippen LogP contribution in [0.2, 0.25) is 0 Å². The summed E-state index contributed by atoms with van der Waals surface area (Å²) in [6.45, 7) is 14.6. The molecule has 0 spiro atoms. The van der Waals surface area contributed by atoms with Gasteiger partial charge < -0.3 is 10.6 Å². The van der Waals surface area contributed by atoms with Crippen LogP contribution in [0, 0.1) is 27.7 Å². The predicted molar refractivity (Wildman–Crippen MR) is 123 cm³/mol. The zero-order valence-electron chi connectivity index (χ0n) is 18.2. The molecule has 2 aromatic carbocycles. The molecule has 2 heterocycles. The van der Waals surface area contributed by atoms with Gasteiger partial charge in [0.2, 0.25) is 0 Å². The van der Waals surface area contributed by atoms with Gasteiger partial charge in [-0.25, -0.2) is 9.97 Å². The van der Waals surface area contributed by atoms with Gasteiger partial charge in [-0.2, -0.15) is 0 Å². The maximum atomic E-state index is 6.43. The second-order valence-electron chi connectivity index (χ2n) is 7.81. The van der Waals surface area contributed by atoms with Crippen LogP contribution in [0.15, 0.2) is 30.3 Å². The minimum absolute atomic E-state index is 0.537. The summed E-state index contributed by atoms with van der Waals surface area (Å²) >= 11 is 0. The van der Waals surface area contributed by atoms with Crippen molar-refractivity contribution in [2.24, 2.45) is 0 Å². The lowest BCUT2D eigenvalue weighted by Crippen LogP contribution is -2.21. The van der Waals surface area contributed by atoms with E-state index in [1.165, 1.54) is 28.1 Å². The minimum atomic E-state index is 0.537. The minimum Gasteiger partial charge on any atom is -0.383 e. The third-order valence-corrected chi connectivity index (χ3v) is 5.72. The topological polar surface area (TPSA) is 60.0 Å². The highest BCUT2D eigenvalue weighted by Crippen LogP contribution is 2.37. The maximum Gasteiger partial charge on any atom is 0.151 e. The van der Waals surface area contributed by atoms with Crippen molar-refractivity contribution >= 4 is 33.4 Å². The SMILES string of the molecule is CCN(CC)c1ccc2c(c1)c1c(N)nc(C)nc1n2-c1c(C)cc(C)cc1C. The van der Waals surface area contributed by atoms with Crippen LogP contribution in [-0.4, -0.2) is 27.6 Å². The molecule has 0 saturated carbocycles. The first-order valence-electron chi connectivity index (χ1n) is 10.3. The van der Waals surface area contributed by atoms with E-state index in [2.05, 4.69) is 79.4 Å². The lowest BCUT2D eigenvalue weighted by atomic mass is 10.0. The first-order valence-corrected chi connectivity index (χ1v) is 10.3. The summed E-state index contributed by atoms with van der Waals surface area (Å²) in [4.78, 5) is 11.6. The second kappa shape index (κ2) is 7.07. The molecule has 0 bridgehead atoms. The van der Waals surface area contributed by atoms with E-state index in [4.69, 9.17) is 10.7 Å². The van der Waals surface area contributed by atoms with Crippen LogP contribution in [-0.2, 0) is 0 Å². The molecule has 5 nitrogen and oxygen atoms in total. The Morgan fingerprint density at radius 1 is 0.931 bits per heavy atom. The van der Waals surface area contributed by atoms with Gasteiger partial charge in [-0.1, -0.05) is 17.7 Å². The van der Waals surface area contributed by atoms with E-state index in [1.54, 1.807) is 0 Å². The third-order valence-electron chi connectivity index (χ3n) is 5.72. The van der Waals surface area contributed by atoms with Crippen LogP contribution in [0.3, 0.4) is 0 Å². The first kappa shape index (κ1) is 19.2.